The minimum atomic E-state index is 1.12. The molecule has 0 N–H and O–H groups in total. The van der Waals surface area contributed by atoms with Gasteiger partial charge < -0.3 is 4.48 Å². The van der Waals surface area contributed by atoms with Gasteiger partial charge in [0.2, 0.25) is 0 Å². The van der Waals surface area contributed by atoms with E-state index < -0.39 is 0 Å². The third-order valence-electron chi connectivity index (χ3n) is 5.34. The molecule has 0 saturated heterocycles. The number of hydrogen-bond donors (Lipinski definition) is 0. The van der Waals surface area contributed by atoms with Gasteiger partial charge >= 0.3 is 0 Å². The summed E-state index contributed by atoms with van der Waals surface area (Å²) < 4.78 is 1.12. The van der Waals surface area contributed by atoms with Crippen molar-refractivity contribution < 1.29 is 4.48 Å². The van der Waals surface area contributed by atoms with Gasteiger partial charge in [0.1, 0.15) is 0 Å². The third-order valence-corrected chi connectivity index (χ3v) is 5.34. The molecule has 0 aliphatic carbocycles. The molecule has 0 spiro atoms. The maximum atomic E-state index is 2.43. The summed E-state index contributed by atoms with van der Waals surface area (Å²) in [7, 11) is 6.89. The zero-order valence-corrected chi connectivity index (χ0v) is 19.0. The van der Waals surface area contributed by atoms with Gasteiger partial charge in [-0.1, -0.05) is 96.1 Å². The second-order valence-electron chi connectivity index (χ2n) is 9.37. The molecule has 0 aliphatic rings. The van der Waals surface area contributed by atoms with Crippen LogP contribution in [-0.4, -0.2) is 32.2 Å². The molecule has 0 fully saturated rings. The molecule has 0 unspecified atom stereocenters. The molecule has 0 aromatic carbocycles. The number of rotatable bonds is 20. The third kappa shape index (κ3) is 23.7. The van der Waals surface area contributed by atoms with Gasteiger partial charge in [-0.25, -0.2) is 0 Å². The molecule has 0 bridgehead atoms. The monoisotopic (exact) mass is 366 g/mol. The first kappa shape index (κ1) is 25.7. The Morgan fingerprint density at radius 1 is 0.462 bits per heavy atom. The maximum absolute atomic E-state index is 2.43. The number of allylic oxidation sites excluding steroid dienone is 2. The molecule has 156 valence electrons. The minimum absolute atomic E-state index is 1.12. The van der Waals surface area contributed by atoms with Gasteiger partial charge in [0.05, 0.1) is 27.7 Å². The molecular formula is C25H52N+. The molecule has 0 rings (SSSR count). The predicted molar refractivity (Wildman–Crippen MR) is 121 cm³/mol. The Kier molecular flexibility index (Phi) is 19.2. The van der Waals surface area contributed by atoms with Crippen LogP contribution in [0.3, 0.4) is 0 Å². The van der Waals surface area contributed by atoms with Gasteiger partial charge in [-0.05, 0) is 38.5 Å². The van der Waals surface area contributed by atoms with Gasteiger partial charge in [-0.3, -0.25) is 0 Å². The summed E-state index contributed by atoms with van der Waals surface area (Å²) in [6, 6.07) is 0. The Morgan fingerprint density at radius 2 is 0.808 bits per heavy atom. The van der Waals surface area contributed by atoms with Crippen molar-refractivity contribution in [2.45, 2.75) is 122 Å². The minimum Gasteiger partial charge on any atom is -0.331 e. The van der Waals surface area contributed by atoms with Crippen LogP contribution in [0.4, 0.5) is 0 Å². The highest BCUT2D eigenvalue weighted by atomic mass is 15.3. The van der Waals surface area contributed by atoms with Gasteiger partial charge in [-0.2, -0.15) is 0 Å². The molecule has 0 heterocycles. The zero-order chi connectivity index (χ0) is 19.3. The summed E-state index contributed by atoms with van der Waals surface area (Å²) in [4.78, 5) is 0. The van der Waals surface area contributed by atoms with Crippen molar-refractivity contribution >= 4 is 0 Å². The van der Waals surface area contributed by atoms with E-state index in [2.05, 4.69) is 40.2 Å². The van der Waals surface area contributed by atoms with E-state index in [1.165, 1.54) is 122 Å². The molecule has 1 nitrogen and oxygen atoms in total. The lowest BCUT2D eigenvalue weighted by atomic mass is 10.1. The fraction of sp³-hybridized carbons (Fsp3) is 0.920. The topological polar surface area (TPSA) is 0 Å². The smallest absolute Gasteiger partial charge is 0.0780 e. The molecule has 0 aromatic rings. The maximum Gasteiger partial charge on any atom is 0.0780 e. The molecule has 0 amide bonds. The van der Waals surface area contributed by atoms with Gasteiger partial charge in [0, 0.05) is 0 Å². The van der Waals surface area contributed by atoms with Crippen molar-refractivity contribution in [2.24, 2.45) is 0 Å². The Hall–Kier alpha value is -0.300. The second kappa shape index (κ2) is 19.5. The lowest BCUT2D eigenvalue weighted by Crippen LogP contribution is -2.35. The Morgan fingerprint density at radius 3 is 1.19 bits per heavy atom. The number of hydrogen-bond acceptors (Lipinski definition) is 0. The fourth-order valence-corrected chi connectivity index (χ4v) is 3.54. The zero-order valence-electron chi connectivity index (χ0n) is 19.0. The molecule has 0 aliphatic heterocycles. The summed E-state index contributed by atoms with van der Waals surface area (Å²) in [5, 5.41) is 0. The van der Waals surface area contributed by atoms with E-state index in [0.717, 1.165) is 4.48 Å². The lowest BCUT2D eigenvalue weighted by Gasteiger charge is -2.23. The molecule has 1 heteroatoms. The van der Waals surface area contributed by atoms with Crippen LogP contribution < -0.4 is 0 Å². The van der Waals surface area contributed by atoms with Crippen molar-refractivity contribution in [3.05, 3.63) is 12.2 Å². The summed E-state index contributed by atoms with van der Waals surface area (Å²) in [5.74, 6) is 0. The Balaban J connectivity index is 3.10. The molecule has 0 aromatic heterocycles. The van der Waals surface area contributed by atoms with E-state index >= 15 is 0 Å². The summed E-state index contributed by atoms with van der Waals surface area (Å²) in [5.41, 5.74) is 0. The van der Waals surface area contributed by atoms with Crippen molar-refractivity contribution in [1.82, 2.24) is 0 Å². The quantitative estimate of drug-likeness (QED) is 0.115. The highest BCUT2D eigenvalue weighted by Gasteiger charge is 2.04. The average molecular weight is 367 g/mol. The summed E-state index contributed by atoms with van der Waals surface area (Å²) >= 11 is 0. The van der Waals surface area contributed by atoms with E-state index in [9.17, 15) is 0 Å². The van der Waals surface area contributed by atoms with Gasteiger partial charge in [0.25, 0.3) is 0 Å². The van der Waals surface area contributed by atoms with Crippen LogP contribution >= 0.6 is 0 Å². The van der Waals surface area contributed by atoms with Gasteiger partial charge in [-0.15, -0.1) is 0 Å². The first-order chi connectivity index (χ1) is 12.6. The highest BCUT2D eigenvalue weighted by Crippen LogP contribution is 2.12. The average Bonchev–Trinajstić information content (AvgIpc) is 2.59. The van der Waals surface area contributed by atoms with E-state index in [-0.39, 0.29) is 0 Å². The van der Waals surface area contributed by atoms with E-state index in [1.807, 2.05) is 0 Å². The van der Waals surface area contributed by atoms with Crippen molar-refractivity contribution in [1.29, 1.82) is 0 Å². The number of quaternary nitrogens is 1. The molecule has 26 heavy (non-hydrogen) atoms. The Bertz CT molecular complexity index is 287. The normalized spacial score (nSPS) is 12.3. The lowest BCUT2D eigenvalue weighted by molar-refractivity contribution is -0.870. The largest absolute Gasteiger partial charge is 0.331 e. The van der Waals surface area contributed by atoms with Crippen LogP contribution in [0.25, 0.3) is 0 Å². The van der Waals surface area contributed by atoms with Crippen LogP contribution in [0, 0.1) is 0 Å². The van der Waals surface area contributed by atoms with Crippen LogP contribution in [0.2, 0.25) is 0 Å². The van der Waals surface area contributed by atoms with Gasteiger partial charge in [0.15, 0.2) is 0 Å². The molecular weight excluding hydrogens is 314 g/mol. The highest BCUT2D eigenvalue weighted by molar-refractivity contribution is 4.81. The predicted octanol–water partition coefficient (Wildman–Crippen LogP) is 8.29. The van der Waals surface area contributed by atoms with Crippen molar-refractivity contribution in [2.75, 3.05) is 27.7 Å². The molecule has 0 saturated carbocycles. The summed E-state index contributed by atoms with van der Waals surface area (Å²) in [6.07, 6.45) is 30.4. The van der Waals surface area contributed by atoms with E-state index in [4.69, 9.17) is 0 Å². The molecule has 0 atom stereocenters. The Labute approximate surface area is 167 Å². The van der Waals surface area contributed by atoms with Crippen LogP contribution in [0.1, 0.15) is 122 Å². The van der Waals surface area contributed by atoms with Crippen LogP contribution in [0.15, 0.2) is 12.2 Å². The fourth-order valence-electron chi connectivity index (χ4n) is 3.54. The van der Waals surface area contributed by atoms with E-state index in [1.54, 1.807) is 0 Å². The van der Waals surface area contributed by atoms with Crippen molar-refractivity contribution in [3.8, 4) is 0 Å². The van der Waals surface area contributed by atoms with Crippen LogP contribution in [0.5, 0.6) is 0 Å². The standard InChI is InChI=1S/C25H52N/c1-5-6-7-8-9-10-11-12-13-14-15-16-17-18-19-20-21-22-23-24-25-26(2,3)4/h12-13H,5-11,14-25H2,1-4H3/q+1/b13-12+. The van der Waals surface area contributed by atoms with E-state index in [0.29, 0.717) is 0 Å². The number of unbranched alkanes of at least 4 members (excludes halogenated alkanes) is 16. The number of nitrogens with zero attached hydrogens (tertiary/aromatic N) is 1. The first-order valence-electron chi connectivity index (χ1n) is 12.0. The summed E-state index contributed by atoms with van der Waals surface area (Å²) in [6.45, 7) is 3.62. The van der Waals surface area contributed by atoms with Crippen molar-refractivity contribution in [3.63, 3.8) is 0 Å². The molecule has 0 radical (unpaired) electrons. The van der Waals surface area contributed by atoms with Crippen LogP contribution in [-0.2, 0) is 0 Å². The second-order valence-corrected chi connectivity index (χ2v) is 9.37. The SMILES string of the molecule is CCCCCCCC/C=C/CCCCCCCCCCCC[N+](C)(C)C. The first-order valence-corrected chi connectivity index (χ1v) is 12.0.